The summed E-state index contributed by atoms with van der Waals surface area (Å²) in [5, 5.41) is 3.14. The van der Waals surface area contributed by atoms with Crippen molar-refractivity contribution in [2.45, 2.75) is 31.7 Å². The first kappa shape index (κ1) is 11.5. The van der Waals surface area contributed by atoms with Gasteiger partial charge in [-0.05, 0) is 37.1 Å². The fourth-order valence-corrected chi connectivity index (χ4v) is 2.26. The predicted octanol–water partition coefficient (Wildman–Crippen LogP) is 3.42. The molecule has 1 aromatic rings. The number of benzene rings is 1. The highest BCUT2D eigenvalue weighted by molar-refractivity contribution is 5.21. The Hall–Kier alpha value is -0.960. The number of hydrogen-bond donors (Lipinski definition) is 1. The van der Waals surface area contributed by atoms with E-state index >= 15 is 0 Å². The largest absolute Gasteiger partial charge is 0.313 e. The summed E-state index contributed by atoms with van der Waals surface area (Å²) in [4.78, 5) is 0. The van der Waals surface area contributed by atoms with Crippen LogP contribution in [-0.4, -0.2) is 7.05 Å². The molecule has 1 N–H and O–H groups in total. The Kier molecular flexibility index (Phi) is 3.54. The highest BCUT2D eigenvalue weighted by Crippen LogP contribution is 2.34. The first-order valence-corrected chi connectivity index (χ1v) is 5.82. The van der Waals surface area contributed by atoms with Crippen LogP contribution in [0.25, 0.3) is 0 Å². The molecule has 0 bridgehead atoms. The third-order valence-electron chi connectivity index (χ3n) is 3.43. The SMILES string of the molecule is CNC(CC1CCC1)c1cc(F)cc(F)c1. The second-order valence-corrected chi connectivity index (χ2v) is 4.58. The minimum atomic E-state index is -0.496. The van der Waals surface area contributed by atoms with Crippen LogP contribution in [0.5, 0.6) is 0 Å². The Bertz CT molecular complexity index is 341. The van der Waals surface area contributed by atoms with E-state index in [9.17, 15) is 8.78 Å². The van der Waals surface area contributed by atoms with Gasteiger partial charge in [0, 0.05) is 12.1 Å². The molecule has 88 valence electrons. The number of nitrogens with one attached hydrogen (secondary N) is 1. The van der Waals surface area contributed by atoms with Crippen molar-refractivity contribution in [1.82, 2.24) is 5.32 Å². The van der Waals surface area contributed by atoms with E-state index < -0.39 is 11.6 Å². The van der Waals surface area contributed by atoms with Crippen molar-refractivity contribution < 1.29 is 8.78 Å². The van der Waals surface area contributed by atoms with Crippen molar-refractivity contribution in [3.8, 4) is 0 Å². The van der Waals surface area contributed by atoms with Crippen LogP contribution in [0.15, 0.2) is 18.2 Å². The van der Waals surface area contributed by atoms with Gasteiger partial charge < -0.3 is 5.32 Å². The van der Waals surface area contributed by atoms with Crippen LogP contribution >= 0.6 is 0 Å². The van der Waals surface area contributed by atoms with E-state index in [0.29, 0.717) is 11.5 Å². The Morgan fingerprint density at radius 3 is 2.31 bits per heavy atom. The van der Waals surface area contributed by atoms with Gasteiger partial charge in [-0.15, -0.1) is 0 Å². The van der Waals surface area contributed by atoms with Gasteiger partial charge in [0.15, 0.2) is 0 Å². The van der Waals surface area contributed by atoms with Gasteiger partial charge in [0.25, 0.3) is 0 Å². The molecule has 1 saturated carbocycles. The molecule has 16 heavy (non-hydrogen) atoms. The minimum Gasteiger partial charge on any atom is -0.313 e. The van der Waals surface area contributed by atoms with E-state index in [-0.39, 0.29) is 6.04 Å². The lowest BCUT2D eigenvalue weighted by Crippen LogP contribution is -2.23. The van der Waals surface area contributed by atoms with Gasteiger partial charge in [-0.1, -0.05) is 19.3 Å². The van der Waals surface area contributed by atoms with Crippen LogP contribution in [0.3, 0.4) is 0 Å². The lowest BCUT2D eigenvalue weighted by atomic mass is 9.79. The molecular weight excluding hydrogens is 208 g/mol. The molecule has 1 unspecified atom stereocenters. The maximum Gasteiger partial charge on any atom is 0.126 e. The molecule has 0 spiro atoms. The van der Waals surface area contributed by atoms with Gasteiger partial charge in [0.2, 0.25) is 0 Å². The fourth-order valence-electron chi connectivity index (χ4n) is 2.26. The van der Waals surface area contributed by atoms with E-state index in [1.54, 1.807) is 0 Å². The van der Waals surface area contributed by atoms with Gasteiger partial charge in [0.1, 0.15) is 11.6 Å². The van der Waals surface area contributed by atoms with Gasteiger partial charge in [-0.2, -0.15) is 0 Å². The molecule has 1 fully saturated rings. The molecule has 0 saturated heterocycles. The molecule has 0 aromatic heterocycles. The molecule has 0 radical (unpaired) electrons. The molecule has 1 aliphatic rings. The molecule has 0 heterocycles. The van der Waals surface area contributed by atoms with E-state index in [1.165, 1.54) is 31.4 Å². The molecule has 1 aromatic carbocycles. The third-order valence-corrected chi connectivity index (χ3v) is 3.43. The monoisotopic (exact) mass is 225 g/mol. The number of halogens is 2. The smallest absolute Gasteiger partial charge is 0.126 e. The number of hydrogen-bond acceptors (Lipinski definition) is 1. The lowest BCUT2D eigenvalue weighted by Gasteiger charge is -2.29. The van der Waals surface area contributed by atoms with Crippen LogP contribution < -0.4 is 5.32 Å². The van der Waals surface area contributed by atoms with Crippen molar-refractivity contribution in [1.29, 1.82) is 0 Å². The Balaban J connectivity index is 2.11. The highest BCUT2D eigenvalue weighted by Gasteiger charge is 2.22. The van der Waals surface area contributed by atoms with E-state index in [2.05, 4.69) is 5.32 Å². The van der Waals surface area contributed by atoms with Gasteiger partial charge in [-0.3, -0.25) is 0 Å². The number of rotatable bonds is 4. The molecule has 0 amide bonds. The molecule has 1 nitrogen and oxygen atoms in total. The first-order chi connectivity index (χ1) is 7.69. The fraction of sp³-hybridized carbons (Fsp3) is 0.538. The van der Waals surface area contributed by atoms with E-state index in [4.69, 9.17) is 0 Å². The van der Waals surface area contributed by atoms with Gasteiger partial charge in [-0.25, -0.2) is 8.78 Å². The second kappa shape index (κ2) is 4.91. The standard InChI is InChI=1S/C13H17F2N/c1-16-13(5-9-3-2-4-9)10-6-11(14)8-12(15)7-10/h6-9,13,16H,2-5H2,1H3. The second-order valence-electron chi connectivity index (χ2n) is 4.58. The summed E-state index contributed by atoms with van der Waals surface area (Å²) in [7, 11) is 1.84. The van der Waals surface area contributed by atoms with E-state index in [1.807, 2.05) is 7.05 Å². The van der Waals surface area contributed by atoms with Crippen LogP contribution in [-0.2, 0) is 0 Å². The zero-order valence-corrected chi connectivity index (χ0v) is 9.47. The summed E-state index contributed by atoms with van der Waals surface area (Å²) in [5.74, 6) is -0.281. The van der Waals surface area contributed by atoms with Gasteiger partial charge in [0.05, 0.1) is 0 Å². The maximum atomic E-state index is 13.1. The Morgan fingerprint density at radius 2 is 1.88 bits per heavy atom. The molecular formula is C13H17F2N. The van der Waals surface area contributed by atoms with Crippen molar-refractivity contribution in [2.24, 2.45) is 5.92 Å². The quantitative estimate of drug-likeness (QED) is 0.828. The minimum absolute atomic E-state index is 0.0653. The van der Waals surface area contributed by atoms with Crippen LogP contribution in [0.4, 0.5) is 8.78 Å². The van der Waals surface area contributed by atoms with Crippen LogP contribution in [0, 0.1) is 17.6 Å². The van der Waals surface area contributed by atoms with Gasteiger partial charge >= 0.3 is 0 Å². The van der Waals surface area contributed by atoms with Crippen LogP contribution in [0.2, 0.25) is 0 Å². The highest BCUT2D eigenvalue weighted by atomic mass is 19.1. The van der Waals surface area contributed by atoms with E-state index in [0.717, 1.165) is 12.5 Å². The van der Waals surface area contributed by atoms with Crippen molar-refractivity contribution in [3.05, 3.63) is 35.4 Å². The van der Waals surface area contributed by atoms with Crippen molar-refractivity contribution in [2.75, 3.05) is 7.05 Å². The summed E-state index contributed by atoms with van der Waals surface area (Å²) in [6.45, 7) is 0. The Labute approximate surface area is 94.9 Å². The Morgan fingerprint density at radius 1 is 1.25 bits per heavy atom. The summed E-state index contributed by atoms with van der Waals surface area (Å²) in [6, 6.07) is 3.82. The zero-order chi connectivity index (χ0) is 11.5. The lowest BCUT2D eigenvalue weighted by molar-refractivity contribution is 0.265. The normalized spacial score (nSPS) is 18.2. The maximum absolute atomic E-state index is 13.1. The first-order valence-electron chi connectivity index (χ1n) is 5.82. The zero-order valence-electron chi connectivity index (χ0n) is 9.47. The summed E-state index contributed by atoms with van der Waals surface area (Å²) < 4.78 is 26.2. The molecule has 0 aliphatic heterocycles. The average Bonchev–Trinajstić information content (AvgIpc) is 2.14. The van der Waals surface area contributed by atoms with Crippen molar-refractivity contribution >= 4 is 0 Å². The molecule has 3 heteroatoms. The topological polar surface area (TPSA) is 12.0 Å². The van der Waals surface area contributed by atoms with Crippen molar-refractivity contribution in [3.63, 3.8) is 0 Å². The molecule has 1 atom stereocenters. The molecule has 2 rings (SSSR count). The van der Waals surface area contributed by atoms with Crippen LogP contribution in [0.1, 0.15) is 37.3 Å². The molecule has 1 aliphatic carbocycles. The summed E-state index contributed by atoms with van der Waals surface area (Å²) in [6.07, 6.45) is 4.75. The third kappa shape index (κ3) is 2.59. The summed E-state index contributed by atoms with van der Waals surface area (Å²) >= 11 is 0. The summed E-state index contributed by atoms with van der Waals surface area (Å²) in [5.41, 5.74) is 0.715. The predicted molar refractivity (Wildman–Crippen MR) is 60.1 cm³/mol. The average molecular weight is 225 g/mol.